The summed E-state index contributed by atoms with van der Waals surface area (Å²) in [7, 11) is 0. The molecular weight excluding hydrogens is 314 g/mol. The van der Waals surface area contributed by atoms with Crippen molar-refractivity contribution in [2.75, 3.05) is 11.9 Å². The van der Waals surface area contributed by atoms with Gasteiger partial charge in [0.15, 0.2) is 17.0 Å². The third-order valence-corrected chi connectivity index (χ3v) is 3.79. The lowest BCUT2D eigenvalue weighted by Crippen LogP contribution is -2.07. The van der Waals surface area contributed by atoms with E-state index in [0.717, 1.165) is 12.8 Å². The number of fused-ring (bicyclic) bond motifs is 1. The molecule has 4 N–H and O–H groups in total. The van der Waals surface area contributed by atoms with Gasteiger partial charge in [0, 0.05) is 30.5 Å². The molecule has 1 fully saturated rings. The first-order valence-electron chi connectivity index (χ1n) is 7.45. The maximum absolute atomic E-state index is 9.84. The van der Waals surface area contributed by atoms with Crippen molar-refractivity contribution in [3.05, 3.63) is 24.5 Å². The Bertz CT molecular complexity index is 884. The van der Waals surface area contributed by atoms with E-state index in [9.17, 15) is 15.3 Å². The summed E-state index contributed by atoms with van der Waals surface area (Å²) in [6.07, 6.45) is 3.23. The molecule has 9 nitrogen and oxygen atoms in total. The molecule has 1 aliphatic rings. The molecule has 1 aliphatic heterocycles. The average Bonchev–Trinajstić information content (AvgIpc) is 3.14. The summed E-state index contributed by atoms with van der Waals surface area (Å²) < 4.78 is 7.39. The van der Waals surface area contributed by atoms with E-state index >= 15 is 0 Å². The predicted octanol–water partition coefficient (Wildman–Crippen LogP) is 2.00. The average molecular weight is 329 g/mol. The van der Waals surface area contributed by atoms with Gasteiger partial charge >= 0.3 is 6.01 Å². The Hall–Kier alpha value is -3.07. The highest BCUT2D eigenvalue weighted by molar-refractivity contribution is 5.86. The number of phenols is 2. The zero-order chi connectivity index (χ0) is 16.7. The van der Waals surface area contributed by atoms with Gasteiger partial charge in [-0.05, 0) is 12.8 Å². The summed E-state index contributed by atoms with van der Waals surface area (Å²) in [5.74, 6) is 0.0630. The van der Waals surface area contributed by atoms with Gasteiger partial charge in [-0.1, -0.05) is 0 Å². The zero-order valence-corrected chi connectivity index (χ0v) is 12.5. The van der Waals surface area contributed by atoms with Crippen molar-refractivity contribution < 1.29 is 20.1 Å². The second-order valence-corrected chi connectivity index (χ2v) is 5.53. The summed E-state index contributed by atoms with van der Waals surface area (Å²) in [4.78, 5) is 12.3. The van der Waals surface area contributed by atoms with Gasteiger partial charge in [0.25, 0.3) is 0 Å². The smallest absolute Gasteiger partial charge is 0.318 e. The van der Waals surface area contributed by atoms with E-state index < -0.39 is 6.01 Å². The standard InChI is InChI=1S/C15H15N5O4/c21-9-4-8(5-10(22)6-9)17-13-12-14(19-15(23)18-13)20(7-16-12)11-2-1-3-24-11/h4-7,11,21-22H,1-3H2,(H2,17,18,19,23). The minimum absolute atomic E-state index is 0.100. The summed E-state index contributed by atoms with van der Waals surface area (Å²) in [5, 5.41) is 31.9. The van der Waals surface area contributed by atoms with Crippen LogP contribution in [0.5, 0.6) is 17.5 Å². The maximum atomic E-state index is 9.84. The van der Waals surface area contributed by atoms with E-state index in [1.807, 2.05) is 0 Å². The van der Waals surface area contributed by atoms with Crippen molar-refractivity contribution in [3.8, 4) is 17.5 Å². The van der Waals surface area contributed by atoms with Crippen LogP contribution in [0.1, 0.15) is 19.1 Å². The van der Waals surface area contributed by atoms with Gasteiger partial charge in [-0.2, -0.15) is 9.97 Å². The van der Waals surface area contributed by atoms with Gasteiger partial charge in [-0.3, -0.25) is 4.57 Å². The number of hydrogen-bond acceptors (Lipinski definition) is 8. The Morgan fingerprint density at radius 3 is 2.62 bits per heavy atom. The number of benzene rings is 1. The first kappa shape index (κ1) is 14.5. The van der Waals surface area contributed by atoms with Gasteiger partial charge in [-0.15, -0.1) is 0 Å². The van der Waals surface area contributed by atoms with Crippen LogP contribution >= 0.6 is 0 Å². The molecule has 1 unspecified atom stereocenters. The fourth-order valence-electron chi connectivity index (χ4n) is 2.79. The minimum atomic E-state index is -0.408. The number of aromatic nitrogens is 4. The summed E-state index contributed by atoms with van der Waals surface area (Å²) in [6, 6.07) is 3.64. The highest BCUT2D eigenvalue weighted by atomic mass is 16.5. The highest BCUT2D eigenvalue weighted by Gasteiger charge is 2.22. The van der Waals surface area contributed by atoms with Gasteiger partial charge in [0.1, 0.15) is 17.7 Å². The molecule has 0 spiro atoms. The Labute approximate surface area is 136 Å². The van der Waals surface area contributed by atoms with Gasteiger partial charge in [0.2, 0.25) is 0 Å². The third kappa shape index (κ3) is 2.54. The molecule has 124 valence electrons. The molecule has 0 saturated carbocycles. The fourth-order valence-corrected chi connectivity index (χ4v) is 2.79. The molecule has 24 heavy (non-hydrogen) atoms. The molecule has 0 amide bonds. The van der Waals surface area contributed by atoms with E-state index in [1.54, 1.807) is 10.9 Å². The fraction of sp³-hybridized carbons (Fsp3) is 0.267. The molecular formula is C15H15N5O4. The van der Waals surface area contributed by atoms with Crippen molar-refractivity contribution in [2.45, 2.75) is 19.1 Å². The van der Waals surface area contributed by atoms with Crippen molar-refractivity contribution in [2.24, 2.45) is 0 Å². The van der Waals surface area contributed by atoms with Crippen molar-refractivity contribution >= 4 is 22.7 Å². The number of aromatic hydroxyl groups is 3. The molecule has 0 aliphatic carbocycles. The molecule has 3 heterocycles. The highest BCUT2D eigenvalue weighted by Crippen LogP contribution is 2.32. The molecule has 1 saturated heterocycles. The Morgan fingerprint density at radius 1 is 1.12 bits per heavy atom. The number of hydrogen-bond donors (Lipinski definition) is 4. The van der Waals surface area contributed by atoms with Crippen LogP contribution in [0.15, 0.2) is 24.5 Å². The second kappa shape index (κ2) is 5.53. The molecule has 3 aromatic rings. The first-order valence-corrected chi connectivity index (χ1v) is 7.45. The van der Waals surface area contributed by atoms with Crippen LogP contribution in [0.25, 0.3) is 11.2 Å². The lowest BCUT2D eigenvalue weighted by molar-refractivity contribution is 0.0592. The SMILES string of the molecule is Oc1cc(O)cc(Nc2nc(O)nc3c2ncn3C2CCCO2)c1. The van der Waals surface area contributed by atoms with Gasteiger partial charge in [0.05, 0.1) is 6.33 Å². The molecule has 1 aromatic carbocycles. The first-order chi connectivity index (χ1) is 11.6. The largest absolute Gasteiger partial charge is 0.508 e. The zero-order valence-electron chi connectivity index (χ0n) is 12.5. The van der Waals surface area contributed by atoms with Crippen molar-refractivity contribution in [1.82, 2.24) is 19.5 Å². The predicted molar refractivity (Wildman–Crippen MR) is 84.3 cm³/mol. The number of imidazole rings is 1. The quantitative estimate of drug-likeness (QED) is 0.575. The number of anilines is 2. The van der Waals surface area contributed by atoms with Gasteiger partial charge < -0.3 is 25.4 Å². The van der Waals surface area contributed by atoms with E-state index in [2.05, 4.69) is 20.3 Å². The monoisotopic (exact) mass is 329 g/mol. The van der Waals surface area contributed by atoms with Crippen LogP contribution in [0, 0.1) is 0 Å². The lowest BCUT2D eigenvalue weighted by atomic mass is 10.2. The normalized spacial score (nSPS) is 17.4. The Kier molecular flexibility index (Phi) is 3.35. The van der Waals surface area contributed by atoms with Crippen LogP contribution < -0.4 is 5.32 Å². The number of ether oxygens (including phenoxy) is 1. The number of nitrogens with zero attached hydrogens (tertiary/aromatic N) is 4. The summed E-state index contributed by atoms with van der Waals surface area (Å²) in [5.41, 5.74) is 1.30. The number of nitrogens with one attached hydrogen (secondary N) is 1. The summed E-state index contributed by atoms with van der Waals surface area (Å²) in [6.45, 7) is 0.676. The molecule has 9 heteroatoms. The van der Waals surface area contributed by atoms with Crippen LogP contribution in [-0.2, 0) is 4.74 Å². The van der Waals surface area contributed by atoms with Crippen LogP contribution in [0.3, 0.4) is 0 Å². The molecule has 0 radical (unpaired) electrons. The van der Waals surface area contributed by atoms with E-state index in [1.165, 1.54) is 18.2 Å². The van der Waals surface area contributed by atoms with Crippen LogP contribution in [-0.4, -0.2) is 41.4 Å². The van der Waals surface area contributed by atoms with E-state index in [-0.39, 0.29) is 23.5 Å². The Balaban J connectivity index is 1.77. The van der Waals surface area contributed by atoms with Crippen LogP contribution in [0.4, 0.5) is 11.5 Å². The van der Waals surface area contributed by atoms with E-state index in [4.69, 9.17) is 4.74 Å². The molecule has 2 aromatic heterocycles. The second-order valence-electron chi connectivity index (χ2n) is 5.53. The van der Waals surface area contributed by atoms with Gasteiger partial charge in [-0.25, -0.2) is 4.98 Å². The minimum Gasteiger partial charge on any atom is -0.508 e. The number of rotatable bonds is 3. The maximum Gasteiger partial charge on any atom is 0.318 e. The third-order valence-electron chi connectivity index (χ3n) is 3.79. The molecule has 4 rings (SSSR count). The van der Waals surface area contributed by atoms with Crippen molar-refractivity contribution in [3.63, 3.8) is 0 Å². The summed E-state index contributed by atoms with van der Waals surface area (Å²) >= 11 is 0. The number of phenolic OH excluding ortho intramolecular Hbond substituents is 2. The van der Waals surface area contributed by atoms with E-state index in [0.29, 0.717) is 23.5 Å². The van der Waals surface area contributed by atoms with Crippen LogP contribution in [0.2, 0.25) is 0 Å². The van der Waals surface area contributed by atoms with Crippen molar-refractivity contribution in [1.29, 1.82) is 0 Å². The molecule has 1 atom stereocenters. The topological polar surface area (TPSA) is 126 Å². The molecule has 0 bridgehead atoms. The Morgan fingerprint density at radius 2 is 1.92 bits per heavy atom. The lowest BCUT2D eigenvalue weighted by Gasteiger charge is -2.12.